The first-order chi connectivity index (χ1) is 16.7. The first kappa shape index (κ1) is 38.2. The van der Waals surface area contributed by atoms with Crippen LogP contribution in [0, 0.1) is 5.92 Å². The average Bonchev–Trinajstić information content (AvgIpc) is 2.71. The second-order valence-electron chi connectivity index (χ2n) is 8.02. The van der Waals surface area contributed by atoms with Crippen molar-refractivity contribution in [2.24, 2.45) is 5.92 Å². The van der Waals surface area contributed by atoms with Crippen molar-refractivity contribution in [2.75, 3.05) is 0 Å². The van der Waals surface area contributed by atoms with Gasteiger partial charge in [-0.2, -0.15) is 110 Å². The van der Waals surface area contributed by atoms with Crippen LogP contribution in [0.3, 0.4) is 0 Å². The molecule has 0 bridgehead atoms. The third-order valence-electron chi connectivity index (χ3n) is 5.05. The maximum absolute atomic E-state index is 13.6. The fraction of sp³-hybridized carbons (Fsp3) is 1.00. The zero-order chi connectivity index (χ0) is 33.6. The summed E-state index contributed by atoms with van der Waals surface area (Å²) in [5, 5.41) is 0. The van der Waals surface area contributed by atoms with E-state index in [1.807, 2.05) is 0 Å². The molecule has 0 nitrogen and oxygen atoms in total. The molecule has 0 saturated heterocycles. The molecule has 0 saturated carbocycles. The number of hydrogen-bond donors (Lipinski definition) is 0. The van der Waals surface area contributed by atoms with Gasteiger partial charge in [-0.15, -0.1) is 0 Å². The Hall–Kier alpha value is -1.75. The monoisotopic (exact) mass is 662 g/mol. The van der Waals surface area contributed by atoms with Gasteiger partial charge in [0.1, 0.15) is 0 Å². The van der Waals surface area contributed by atoms with Gasteiger partial charge < -0.3 is 0 Å². The minimum absolute atomic E-state index is 0.247. The normalized spacial score (nSPS) is 17.1. The van der Waals surface area contributed by atoms with Crippen LogP contribution in [0.1, 0.15) is 13.8 Å². The van der Waals surface area contributed by atoms with E-state index >= 15 is 0 Å². The van der Waals surface area contributed by atoms with E-state index < -0.39 is 77.2 Å². The highest BCUT2D eigenvalue weighted by atomic mass is 19.4. The molecule has 0 amide bonds. The third-order valence-corrected chi connectivity index (χ3v) is 5.05. The predicted octanol–water partition coefficient (Wildman–Crippen LogP) is 9.19. The molecule has 0 unspecified atom stereocenters. The number of hydrogen-bond acceptors (Lipinski definition) is 0. The van der Waals surface area contributed by atoms with Crippen molar-refractivity contribution in [3.05, 3.63) is 0 Å². The zero-order valence-electron chi connectivity index (χ0n) is 18.0. The van der Waals surface area contributed by atoms with Gasteiger partial charge in [-0.05, 0) is 0 Å². The molecule has 25 heteroatoms. The zero-order valence-corrected chi connectivity index (χ0v) is 18.0. The molecule has 0 aliphatic rings. The van der Waals surface area contributed by atoms with Gasteiger partial charge in [-0.25, -0.2) is 0 Å². The van der Waals surface area contributed by atoms with Crippen molar-refractivity contribution in [2.45, 2.75) is 85.2 Å². The molecule has 242 valence electrons. The molecule has 0 spiro atoms. The van der Waals surface area contributed by atoms with Crippen molar-refractivity contribution in [3.8, 4) is 0 Å². The van der Waals surface area contributed by atoms with Crippen molar-refractivity contribution >= 4 is 0 Å². The third kappa shape index (κ3) is 4.23. The van der Waals surface area contributed by atoms with Crippen molar-refractivity contribution in [3.63, 3.8) is 0 Å². The smallest absolute Gasteiger partial charge is 0.199 e. The van der Waals surface area contributed by atoms with Crippen LogP contribution in [0.2, 0.25) is 0 Å². The van der Waals surface area contributed by atoms with E-state index in [1.54, 1.807) is 0 Å². The van der Waals surface area contributed by atoms with Gasteiger partial charge in [-0.3, -0.25) is 0 Å². The summed E-state index contributed by atoms with van der Waals surface area (Å²) < 4.78 is 330. The quantitative estimate of drug-likeness (QED) is 0.194. The lowest BCUT2D eigenvalue weighted by Gasteiger charge is -2.46. The van der Waals surface area contributed by atoms with Gasteiger partial charge in [0.05, 0.1) is 0 Å². The van der Waals surface area contributed by atoms with E-state index in [1.165, 1.54) is 0 Å². The Balaban J connectivity index is 7.35. The number of rotatable bonds is 11. The first-order valence-corrected chi connectivity index (χ1v) is 8.92. The second kappa shape index (κ2) is 9.12. The van der Waals surface area contributed by atoms with Gasteiger partial charge >= 0.3 is 71.3 Å². The largest absolute Gasteiger partial charge is 0.460 e. The molecule has 0 aliphatic carbocycles. The molecule has 0 aliphatic heterocycles. The summed E-state index contributed by atoms with van der Waals surface area (Å²) in [6.45, 7) is -0.495. The van der Waals surface area contributed by atoms with Gasteiger partial charge in [0.2, 0.25) is 0 Å². The average molecular weight is 662 g/mol. The van der Waals surface area contributed by atoms with Crippen molar-refractivity contribution in [1.29, 1.82) is 0 Å². The Bertz CT molecular complexity index is 917. The summed E-state index contributed by atoms with van der Waals surface area (Å²) in [6, 6.07) is 0. The predicted molar refractivity (Wildman–Crippen MR) is 75.3 cm³/mol. The highest BCUT2D eigenvalue weighted by Crippen LogP contribution is 2.68. The van der Waals surface area contributed by atoms with E-state index in [9.17, 15) is 110 Å². The van der Waals surface area contributed by atoms with E-state index in [0.29, 0.717) is 0 Å². The van der Waals surface area contributed by atoms with Crippen LogP contribution in [-0.2, 0) is 0 Å². The molecular formula is C15H7F25. The van der Waals surface area contributed by atoms with Crippen LogP contribution in [0.15, 0.2) is 0 Å². The lowest BCUT2D eigenvalue weighted by Crippen LogP contribution is -2.78. The standard InChI is InChI=1S/C15H7F25/c1-3(2)4(16,17)5(18,19)6(20,21)7(22,23)8(24,25)9(26,27)10(28,29)11(30,31)12(32,33)13(34,35)14(36,37)15(38,39)40/h3H,1-2H3. The minimum atomic E-state index is -9.56. The maximum atomic E-state index is 13.6. The molecule has 0 aromatic heterocycles. The highest BCUT2D eigenvalue weighted by Gasteiger charge is 2.99. The Kier molecular flexibility index (Phi) is 8.72. The second-order valence-corrected chi connectivity index (χ2v) is 8.02. The van der Waals surface area contributed by atoms with Crippen LogP contribution in [0.4, 0.5) is 110 Å². The number of alkyl halides is 25. The van der Waals surface area contributed by atoms with Crippen LogP contribution in [0.5, 0.6) is 0 Å². The first-order valence-electron chi connectivity index (χ1n) is 8.92. The molecule has 0 heterocycles. The summed E-state index contributed by atoms with van der Waals surface area (Å²) in [4.78, 5) is 0. The molecule has 0 rings (SSSR count). The lowest BCUT2D eigenvalue weighted by atomic mass is 9.83. The van der Waals surface area contributed by atoms with Crippen molar-refractivity contribution in [1.82, 2.24) is 0 Å². The van der Waals surface area contributed by atoms with Gasteiger partial charge in [-0.1, -0.05) is 13.8 Å². The van der Waals surface area contributed by atoms with Gasteiger partial charge in [0, 0.05) is 5.92 Å². The maximum Gasteiger partial charge on any atom is 0.460 e. The SMILES string of the molecule is CC(C)C(F)(F)C(F)(F)C(F)(F)C(F)(F)C(F)(F)C(F)(F)C(F)(F)C(F)(F)C(F)(F)C(F)(F)C(F)(F)C(F)(F)F. The fourth-order valence-electron chi connectivity index (χ4n) is 2.33. The number of halogens is 25. The van der Waals surface area contributed by atoms with E-state index in [2.05, 4.69) is 0 Å². The Morgan fingerprint density at radius 2 is 0.400 bits per heavy atom. The van der Waals surface area contributed by atoms with Crippen LogP contribution < -0.4 is 0 Å². The van der Waals surface area contributed by atoms with E-state index in [4.69, 9.17) is 0 Å². The minimum Gasteiger partial charge on any atom is -0.199 e. The summed E-state index contributed by atoms with van der Waals surface area (Å²) in [5.41, 5.74) is 0. The molecular weight excluding hydrogens is 655 g/mol. The Morgan fingerprint density at radius 1 is 0.250 bits per heavy atom. The molecule has 0 N–H and O–H groups in total. The summed E-state index contributed by atoms with van der Waals surface area (Å²) in [7, 11) is 0. The van der Waals surface area contributed by atoms with Gasteiger partial charge in [0.15, 0.2) is 0 Å². The topological polar surface area (TPSA) is 0 Å². The lowest BCUT2D eigenvalue weighted by molar-refractivity contribution is -0.482. The Morgan fingerprint density at radius 3 is 0.550 bits per heavy atom. The van der Waals surface area contributed by atoms with E-state index in [-0.39, 0.29) is 13.8 Å². The summed E-state index contributed by atoms with van der Waals surface area (Å²) >= 11 is 0. The summed E-state index contributed by atoms with van der Waals surface area (Å²) in [5.74, 6) is -101. The van der Waals surface area contributed by atoms with Crippen LogP contribution in [0.25, 0.3) is 0 Å². The molecule has 0 aromatic carbocycles. The molecule has 40 heavy (non-hydrogen) atoms. The Labute approximate surface area is 202 Å². The van der Waals surface area contributed by atoms with Crippen LogP contribution >= 0.6 is 0 Å². The fourth-order valence-corrected chi connectivity index (χ4v) is 2.33. The summed E-state index contributed by atoms with van der Waals surface area (Å²) in [6.07, 6.45) is -8.15. The van der Waals surface area contributed by atoms with Crippen molar-refractivity contribution < 1.29 is 110 Å². The van der Waals surface area contributed by atoms with Gasteiger partial charge in [0.25, 0.3) is 0 Å². The molecule has 0 fully saturated rings. The van der Waals surface area contributed by atoms with E-state index in [0.717, 1.165) is 0 Å². The van der Waals surface area contributed by atoms with Crippen LogP contribution in [-0.4, -0.2) is 71.3 Å². The molecule has 0 radical (unpaired) electrons. The highest BCUT2D eigenvalue weighted by molar-refractivity contribution is 5.19. The molecule has 0 aromatic rings. The molecule has 0 atom stereocenters.